The van der Waals surface area contributed by atoms with Crippen LogP contribution in [-0.4, -0.2) is 15.2 Å². The summed E-state index contributed by atoms with van der Waals surface area (Å²) in [5.74, 6) is 2.46. The van der Waals surface area contributed by atoms with Crippen molar-refractivity contribution < 1.29 is 0 Å². The number of rotatable bonds is 2. The summed E-state index contributed by atoms with van der Waals surface area (Å²) in [6.45, 7) is 0. The van der Waals surface area contributed by atoms with Crippen LogP contribution in [0.25, 0.3) is 11.4 Å². The van der Waals surface area contributed by atoms with Crippen LogP contribution in [0.15, 0.2) is 0 Å². The zero-order valence-electron chi connectivity index (χ0n) is 11.6. The quantitative estimate of drug-likeness (QED) is 0.886. The molecule has 2 aromatic heterocycles. The standard InChI is InChI=1S/C15H20N4S/c16-13-12(10-7-4-8-11(10)20-13)15-17-14(18-19-15)9-5-2-1-3-6-9/h9H,1-8,16H2,(H,17,18,19). The van der Waals surface area contributed by atoms with Crippen LogP contribution in [0.2, 0.25) is 0 Å². The van der Waals surface area contributed by atoms with Gasteiger partial charge in [-0.15, -0.1) is 11.3 Å². The maximum absolute atomic E-state index is 6.20. The van der Waals surface area contributed by atoms with Gasteiger partial charge in [-0.05, 0) is 37.7 Å². The summed E-state index contributed by atoms with van der Waals surface area (Å²) in [4.78, 5) is 6.22. The molecule has 0 radical (unpaired) electrons. The first-order chi connectivity index (χ1) is 9.83. The number of fused-ring (bicyclic) bond motifs is 1. The van der Waals surface area contributed by atoms with E-state index in [1.54, 1.807) is 11.3 Å². The van der Waals surface area contributed by atoms with Gasteiger partial charge in [0, 0.05) is 10.8 Å². The zero-order chi connectivity index (χ0) is 13.5. The number of aromatic nitrogens is 3. The Morgan fingerprint density at radius 1 is 1.10 bits per heavy atom. The molecule has 2 aliphatic rings. The number of H-pyrrole nitrogens is 1. The Morgan fingerprint density at radius 2 is 1.95 bits per heavy atom. The summed E-state index contributed by atoms with van der Waals surface area (Å²) in [6, 6.07) is 0. The second-order valence-electron chi connectivity index (χ2n) is 5.98. The molecular weight excluding hydrogens is 268 g/mol. The van der Waals surface area contributed by atoms with Gasteiger partial charge in [0.25, 0.3) is 0 Å². The maximum Gasteiger partial charge on any atom is 0.184 e. The summed E-state index contributed by atoms with van der Waals surface area (Å²) >= 11 is 1.73. The third-order valence-electron chi connectivity index (χ3n) is 4.67. The van der Waals surface area contributed by atoms with Crippen molar-refractivity contribution in [1.29, 1.82) is 0 Å². The van der Waals surface area contributed by atoms with E-state index in [1.807, 2.05) is 0 Å². The Balaban J connectivity index is 1.68. The molecule has 20 heavy (non-hydrogen) atoms. The van der Waals surface area contributed by atoms with Crippen LogP contribution in [0, 0.1) is 0 Å². The number of hydrogen-bond acceptors (Lipinski definition) is 4. The molecule has 2 aromatic rings. The van der Waals surface area contributed by atoms with Crippen LogP contribution >= 0.6 is 11.3 Å². The summed E-state index contributed by atoms with van der Waals surface area (Å²) in [5, 5.41) is 8.53. The minimum absolute atomic E-state index is 0.568. The first-order valence-electron chi connectivity index (χ1n) is 7.65. The lowest BCUT2D eigenvalue weighted by atomic mass is 9.89. The molecule has 0 aromatic carbocycles. The molecule has 0 atom stereocenters. The Morgan fingerprint density at radius 3 is 2.80 bits per heavy atom. The number of thiophene rings is 1. The van der Waals surface area contributed by atoms with E-state index in [-0.39, 0.29) is 0 Å². The van der Waals surface area contributed by atoms with E-state index >= 15 is 0 Å². The van der Waals surface area contributed by atoms with Crippen molar-refractivity contribution in [1.82, 2.24) is 15.2 Å². The summed E-state index contributed by atoms with van der Waals surface area (Å²) < 4.78 is 0. The van der Waals surface area contributed by atoms with E-state index in [2.05, 4.69) is 10.2 Å². The Kier molecular flexibility index (Phi) is 3.02. The van der Waals surface area contributed by atoms with Gasteiger partial charge in [-0.1, -0.05) is 19.3 Å². The molecule has 0 saturated heterocycles. The molecule has 5 heteroatoms. The number of nitrogens with zero attached hydrogens (tertiary/aromatic N) is 2. The van der Waals surface area contributed by atoms with Crippen molar-refractivity contribution in [3.05, 3.63) is 16.3 Å². The number of hydrogen-bond donors (Lipinski definition) is 2. The fourth-order valence-corrected chi connectivity index (χ4v) is 4.77. The Labute approximate surface area is 122 Å². The number of nitrogens with one attached hydrogen (secondary N) is 1. The Hall–Kier alpha value is -1.36. The molecule has 4 rings (SSSR count). The van der Waals surface area contributed by atoms with E-state index < -0.39 is 0 Å². The lowest BCUT2D eigenvalue weighted by Crippen LogP contribution is -2.06. The molecule has 1 fully saturated rings. The van der Waals surface area contributed by atoms with Crippen LogP contribution in [0.4, 0.5) is 5.00 Å². The molecule has 0 spiro atoms. The third kappa shape index (κ3) is 1.95. The van der Waals surface area contributed by atoms with Gasteiger partial charge >= 0.3 is 0 Å². The predicted octanol–water partition coefficient (Wildman–Crippen LogP) is 3.65. The van der Waals surface area contributed by atoms with Crippen LogP contribution in [0.5, 0.6) is 0 Å². The highest BCUT2D eigenvalue weighted by Gasteiger charge is 2.26. The van der Waals surface area contributed by atoms with Crippen molar-refractivity contribution in [2.45, 2.75) is 57.3 Å². The molecule has 0 unspecified atom stereocenters. The van der Waals surface area contributed by atoms with Gasteiger partial charge in [-0.25, -0.2) is 4.98 Å². The average molecular weight is 288 g/mol. The van der Waals surface area contributed by atoms with E-state index in [0.717, 1.165) is 28.6 Å². The smallest absolute Gasteiger partial charge is 0.184 e. The largest absolute Gasteiger partial charge is 0.390 e. The molecule has 0 amide bonds. The molecule has 3 N–H and O–H groups in total. The van der Waals surface area contributed by atoms with Gasteiger partial charge in [-0.3, -0.25) is 5.10 Å². The fraction of sp³-hybridized carbons (Fsp3) is 0.600. The molecule has 2 heterocycles. The topological polar surface area (TPSA) is 67.6 Å². The van der Waals surface area contributed by atoms with E-state index in [0.29, 0.717) is 5.92 Å². The van der Waals surface area contributed by atoms with Crippen molar-refractivity contribution in [2.24, 2.45) is 0 Å². The predicted molar refractivity (Wildman–Crippen MR) is 82.0 cm³/mol. The number of anilines is 1. The first-order valence-corrected chi connectivity index (χ1v) is 8.47. The SMILES string of the molecule is Nc1sc2c(c1-c1n[nH]c(C3CCCCC3)n1)CCC2. The van der Waals surface area contributed by atoms with E-state index in [1.165, 1.54) is 55.4 Å². The van der Waals surface area contributed by atoms with Gasteiger partial charge in [0.1, 0.15) is 5.82 Å². The lowest BCUT2D eigenvalue weighted by Gasteiger charge is -2.18. The highest BCUT2D eigenvalue weighted by molar-refractivity contribution is 7.16. The summed E-state index contributed by atoms with van der Waals surface area (Å²) in [7, 11) is 0. The van der Waals surface area contributed by atoms with Crippen molar-refractivity contribution in [3.8, 4) is 11.4 Å². The van der Waals surface area contributed by atoms with Gasteiger partial charge in [0.05, 0.1) is 10.6 Å². The normalized spacial score (nSPS) is 19.4. The highest BCUT2D eigenvalue weighted by Crippen LogP contribution is 2.42. The number of nitrogen functional groups attached to an aromatic ring is 1. The van der Waals surface area contributed by atoms with Gasteiger partial charge in [-0.2, -0.15) is 5.10 Å². The minimum atomic E-state index is 0.568. The van der Waals surface area contributed by atoms with Crippen LogP contribution in [-0.2, 0) is 12.8 Å². The maximum atomic E-state index is 6.20. The number of aromatic amines is 1. The molecule has 106 valence electrons. The van der Waals surface area contributed by atoms with Crippen LogP contribution in [0.3, 0.4) is 0 Å². The summed E-state index contributed by atoms with van der Waals surface area (Å²) in [6.07, 6.45) is 10.0. The lowest BCUT2D eigenvalue weighted by molar-refractivity contribution is 0.429. The van der Waals surface area contributed by atoms with Crippen LogP contribution < -0.4 is 5.73 Å². The second-order valence-corrected chi connectivity index (χ2v) is 7.11. The van der Waals surface area contributed by atoms with E-state index in [9.17, 15) is 0 Å². The first kappa shape index (κ1) is 12.4. The van der Waals surface area contributed by atoms with Gasteiger partial charge in [0.2, 0.25) is 0 Å². The van der Waals surface area contributed by atoms with Crippen molar-refractivity contribution in [2.75, 3.05) is 5.73 Å². The molecule has 0 bridgehead atoms. The van der Waals surface area contributed by atoms with Crippen LogP contribution in [0.1, 0.15) is 60.7 Å². The fourth-order valence-electron chi connectivity index (χ4n) is 3.62. The zero-order valence-corrected chi connectivity index (χ0v) is 12.4. The third-order valence-corrected chi connectivity index (χ3v) is 5.79. The minimum Gasteiger partial charge on any atom is -0.390 e. The number of aryl methyl sites for hydroxylation is 1. The molecule has 2 aliphatic carbocycles. The summed E-state index contributed by atoms with van der Waals surface area (Å²) in [5.41, 5.74) is 8.71. The second kappa shape index (κ2) is 4.88. The monoisotopic (exact) mass is 288 g/mol. The highest BCUT2D eigenvalue weighted by atomic mass is 32.1. The molecule has 4 nitrogen and oxygen atoms in total. The number of nitrogens with two attached hydrogens (primary N) is 1. The average Bonchev–Trinajstić information content (AvgIpc) is 3.15. The Bertz CT molecular complexity index is 622. The van der Waals surface area contributed by atoms with Crippen molar-refractivity contribution >= 4 is 16.3 Å². The molecule has 0 aliphatic heterocycles. The molecular formula is C15H20N4S. The van der Waals surface area contributed by atoms with Crippen molar-refractivity contribution in [3.63, 3.8) is 0 Å². The molecule has 1 saturated carbocycles. The van der Waals surface area contributed by atoms with E-state index in [4.69, 9.17) is 10.7 Å². The van der Waals surface area contributed by atoms with Gasteiger partial charge < -0.3 is 5.73 Å². The van der Waals surface area contributed by atoms with Gasteiger partial charge in [0.15, 0.2) is 5.82 Å².